The summed E-state index contributed by atoms with van der Waals surface area (Å²) < 4.78 is 0. The van der Waals surface area contributed by atoms with Gasteiger partial charge in [-0.25, -0.2) is 0 Å². The van der Waals surface area contributed by atoms with E-state index >= 15 is 0 Å². The Morgan fingerprint density at radius 2 is 2.27 bits per heavy atom. The maximum Gasteiger partial charge on any atom is 0.226 e. The van der Waals surface area contributed by atoms with Crippen molar-refractivity contribution in [3.05, 3.63) is 29.3 Å². The Morgan fingerprint density at radius 3 is 3.05 bits per heavy atom. The summed E-state index contributed by atoms with van der Waals surface area (Å²) in [6, 6.07) is 7.47. The van der Waals surface area contributed by atoms with Crippen LogP contribution in [-0.2, 0) is 4.79 Å². The third-order valence-corrected chi connectivity index (χ3v) is 4.92. The zero-order valence-corrected chi connectivity index (χ0v) is 13.6. The topological polar surface area (TPSA) is 66.9 Å². The van der Waals surface area contributed by atoms with Gasteiger partial charge in [0.15, 0.2) is 5.01 Å². The maximum atomic E-state index is 12.0. The molecule has 22 heavy (non-hydrogen) atoms. The highest BCUT2D eigenvalue weighted by Gasteiger charge is 2.17. The van der Waals surface area contributed by atoms with Crippen molar-refractivity contribution < 1.29 is 4.79 Å². The van der Waals surface area contributed by atoms with Gasteiger partial charge in [0.25, 0.3) is 0 Å². The fourth-order valence-corrected chi connectivity index (χ4v) is 3.58. The maximum absolute atomic E-state index is 12.0. The van der Waals surface area contributed by atoms with E-state index in [1.165, 1.54) is 11.3 Å². The highest BCUT2D eigenvalue weighted by Crippen LogP contribution is 2.31. The van der Waals surface area contributed by atoms with Gasteiger partial charge in [0.05, 0.1) is 5.02 Å². The summed E-state index contributed by atoms with van der Waals surface area (Å²) >= 11 is 7.48. The summed E-state index contributed by atoms with van der Waals surface area (Å²) in [5, 5.41) is 16.1. The van der Waals surface area contributed by atoms with E-state index in [0.717, 1.165) is 31.5 Å². The molecule has 0 saturated carbocycles. The lowest BCUT2D eigenvalue weighted by Gasteiger charge is -2.06. The third-order valence-electron chi connectivity index (χ3n) is 3.72. The number of nitrogens with one attached hydrogen (secondary N) is 2. The average Bonchev–Trinajstić information content (AvgIpc) is 3.17. The second-order valence-corrected chi connectivity index (χ2v) is 6.72. The minimum Gasteiger partial charge on any atom is -0.316 e. The van der Waals surface area contributed by atoms with Crippen molar-refractivity contribution in [2.75, 3.05) is 18.4 Å². The molecule has 2 heterocycles. The Balaban J connectivity index is 1.57. The molecule has 0 aliphatic carbocycles. The first-order valence-electron chi connectivity index (χ1n) is 7.31. The molecule has 2 N–H and O–H groups in total. The normalized spacial score (nSPS) is 17.6. The molecule has 1 amide bonds. The smallest absolute Gasteiger partial charge is 0.226 e. The number of aromatic nitrogens is 2. The number of halogens is 1. The number of amides is 1. The number of carbonyl (C=O) groups is 1. The number of anilines is 1. The van der Waals surface area contributed by atoms with Crippen molar-refractivity contribution in [1.82, 2.24) is 15.5 Å². The van der Waals surface area contributed by atoms with E-state index in [9.17, 15) is 4.79 Å². The number of hydrogen-bond donors (Lipinski definition) is 2. The summed E-state index contributed by atoms with van der Waals surface area (Å²) in [5.41, 5.74) is 0.833. The summed E-state index contributed by atoms with van der Waals surface area (Å²) in [7, 11) is 0. The number of rotatable bonds is 5. The fraction of sp³-hybridized carbons (Fsp3) is 0.400. The zero-order valence-electron chi connectivity index (χ0n) is 12.0. The molecule has 0 bridgehead atoms. The molecule has 1 aromatic heterocycles. The second kappa shape index (κ2) is 7.17. The summed E-state index contributed by atoms with van der Waals surface area (Å²) in [4.78, 5) is 12.0. The average molecular weight is 337 g/mol. The standard InChI is InChI=1S/C15H17ClN4OS/c16-12-4-2-1-3-11(12)14-19-20-15(22-14)18-13(21)6-5-10-7-8-17-9-10/h1-4,10,17H,5-9H2,(H,18,20,21). The van der Waals surface area contributed by atoms with Crippen LogP contribution in [0, 0.1) is 5.92 Å². The van der Waals surface area contributed by atoms with Crippen LogP contribution in [0.2, 0.25) is 5.02 Å². The molecule has 1 fully saturated rings. The number of carbonyl (C=O) groups excluding carboxylic acids is 1. The molecule has 5 nitrogen and oxygen atoms in total. The molecule has 2 aromatic rings. The van der Waals surface area contributed by atoms with Crippen LogP contribution in [0.15, 0.2) is 24.3 Å². The van der Waals surface area contributed by atoms with E-state index < -0.39 is 0 Å². The van der Waals surface area contributed by atoms with Gasteiger partial charge in [0.2, 0.25) is 11.0 Å². The van der Waals surface area contributed by atoms with Gasteiger partial charge in [-0.2, -0.15) is 0 Å². The van der Waals surface area contributed by atoms with Gasteiger partial charge in [0, 0.05) is 12.0 Å². The number of benzene rings is 1. The van der Waals surface area contributed by atoms with E-state index in [1.807, 2.05) is 24.3 Å². The van der Waals surface area contributed by atoms with Crippen molar-refractivity contribution in [3.8, 4) is 10.6 Å². The van der Waals surface area contributed by atoms with Gasteiger partial charge in [-0.3, -0.25) is 4.79 Å². The highest BCUT2D eigenvalue weighted by molar-refractivity contribution is 7.18. The van der Waals surface area contributed by atoms with Gasteiger partial charge in [-0.1, -0.05) is 41.1 Å². The lowest BCUT2D eigenvalue weighted by molar-refractivity contribution is -0.116. The largest absolute Gasteiger partial charge is 0.316 e. The van der Waals surface area contributed by atoms with Crippen LogP contribution in [0.25, 0.3) is 10.6 Å². The quantitative estimate of drug-likeness (QED) is 0.880. The first-order chi connectivity index (χ1) is 10.7. The van der Waals surface area contributed by atoms with Crippen molar-refractivity contribution in [2.45, 2.75) is 19.3 Å². The molecular weight excluding hydrogens is 320 g/mol. The Bertz CT molecular complexity index is 654. The molecular formula is C15H17ClN4OS. The van der Waals surface area contributed by atoms with Gasteiger partial charge in [-0.05, 0) is 37.9 Å². The molecule has 1 aliphatic rings. The molecule has 1 unspecified atom stereocenters. The predicted octanol–water partition coefficient (Wildman–Crippen LogP) is 3.19. The SMILES string of the molecule is O=C(CCC1CCNC1)Nc1nnc(-c2ccccc2Cl)s1. The zero-order chi connectivity index (χ0) is 15.4. The first kappa shape index (κ1) is 15.4. The summed E-state index contributed by atoms with van der Waals surface area (Å²) in [5.74, 6) is 0.604. The molecule has 7 heteroatoms. The van der Waals surface area contributed by atoms with Gasteiger partial charge < -0.3 is 10.6 Å². The van der Waals surface area contributed by atoms with Crippen LogP contribution in [-0.4, -0.2) is 29.2 Å². The van der Waals surface area contributed by atoms with E-state index in [1.54, 1.807) is 0 Å². The third kappa shape index (κ3) is 3.82. The van der Waals surface area contributed by atoms with Crippen molar-refractivity contribution in [1.29, 1.82) is 0 Å². The van der Waals surface area contributed by atoms with Crippen molar-refractivity contribution >= 4 is 34.0 Å². The van der Waals surface area contributed by atoms with Gasteiger partial charge in [-0.15, -0.1) is 10.2 Å². The molecule has 1 aromatic carbocycles. The molecule has 1 aliphatic heterocycles. The molecule has 1 saturated heterocycles. The molecule has 116 valence electrons. The number of nitrogens with zero attached hydrogens (tertiary/aromatic N) is 2. The van der Waals surface area contributed by atoms with Crippen LogP contribution in [0.1, 0.15) is 19.3 Å². The van der Waals surface area contributed by atoms with E-state index in [4.69, 9.17) is 11.6 Å². The van der Waals surface area contributed by atoms with Gasteiger partial charge >= 0.3 is 0 Å². The Hall–Kier alpha value is -1.50. The molecule has 3 rings (SSSR count). The van der Waals surface area contributed by atoms with Crippen molar-refractivity contribution in [2.24, 2.45) is 5.92 Å². The van der Waals surface area contributed by atoms with Crippen LogP contribution in [0.3, 0.4) is 0 Å². The lowest BCUT2D eigenvalue weighted by Crippen LogP contribution is -2.14. The van der Waals surface area contributed by atoms with E-state index in [0.29, 0.717) is 27.5 Å². The highest BCUT2D eigenvalue weighted by atomic mass is 35.5. The number of hydrogen-bond acceptors (Lipinski definition) is 5. The molecule has 0 spiro atoms. The van der Waals surface area contributed by atoms with Crippen LogP contribution < -0.4 is 10.6 Å². The molecule has 0 radical (unpaired) electrons. The van der Waals surface area contributed by atoms with Crippen LogP contribution in [0.5, 0.6) is 0 Å². The van der Waals surface area contributed by atoms with Crippen LogP contribution >= 0.6 is 22.9 Å². The Labute approximate surface area is 138 Å². The summed E-state index contributed by atoms with van der Waals surface area (Å²) in [6.07, 6.45) is 2.59. The molecule has 1 atom stereocenters. The van der Waals surface area contributed by atoms with E-state index in [2.05, 4.69) is 20.8 Å². The van der Waals surface area contributed by atoms with Crippen LogP contribution in [0.4, 0.5) is 5.13 Å². The van der Waals surface area contributed by atoms with Gasteiger partial charge in [0.1, 0.15) is 0 Å². The summed E-state index contributed by atoms with van der Waals surface area (Å²) in [6.45, 7) is 2.08. The first-order valence-corrected chi connectivity index (χ1v) is 8.51. The Kier molecular flexibility index (Phi) is 5.02. The second-order valence-electron chi connectivity index (χ2n) is 5.34. The Morgan fingerprint density at radius 1 is 1.41 bits per heavy atom. The monoisotopic (exact) mass is 336 g/mol. The predicted molar refractivity (Wildman–Crippen MR) is 89.2 cm³/mol. The minimum absolute atomic E-state index is 0.00578. The lowest BCUT2D eigenvalue weighted by atomic mass is 10.0. The van der Waals surface area contributed by atoms with E-state index in [-0.39, 0.29) is 5.91 Å². The fourth-order valence-electron chi connectivity index (χ4n) is 2.50. The van der Waals surface area contributed by atoms with Crippen molar-refractivity contribution in [3.63, 3.8) is 0 Å². The minimum atomic E-state index is -0.00578.